The molecule has 0 radical (unpaired) electrons. The van der Waals surface area contributed by atoms with E-state index in [1.807, 2.05) is 19.9 Å². The molecule has 1 aromatic carbocycles. The van der Waals surface area contributed by atoms with Crippen LogP contribution in [0.15, 0.2) is 30.3 Å². The van der Waals surface area contributed by atoms with E-state index >= 15 is 0 Å². The maximum absolute atomic E-state index is 14.1. The van der Waals surface area contributed by atoms with Crippen LogP contribution in [0.4, 0.5) is 0 Å². The predicted molar refractivity (Wildman–Crippen MR) is 224 cm³/mol. The molecule has 0 aromatic heterocycles. The number of nitrogens with two attached hydrogens (primary N) is 1. The standard InChI is InChI=1S/C35H62N11O7P3/c1-4-23-30(48)37-14-10-22(36)29(47)42-24(11-15-38-54)33(51)46-28(19-21-8-6-5-7-9-21)35(53)45-27(18-20(2)3)34(52)44-26(13-17-40-56)32(50)43-25(12-16-39-55)31(49)41-23/h5-9,20,22-28,38-40H,4,10-19,36,54-56H2,1-3H3,(H,37,48)(H,41,49)(H,42,47)(H,43,50)(H,44,52)(H,45,53)(H,46,51)/t22?,23-,24?,25?,26?,27?,28?/m0/s1. The molecule has 1 saturated heterocycles. The van der Waals surface area contributed by atoms with Crippen molar-refractivity contribution in [1.82, 2.24) is 52.5 Å². The molecular formula is C35H62N11O7P3. The summed E-state index contributed by atoms with van der Waals surface area (Å²) in [4.78, 5) is 95.6. The summed E-state index contributed by atoms with van der Waals surface area (Å²) in [5.41, 5.74) is 6.92. The number of rotatable bonds is 14. The molecule has 1 aliphatic heterocycles. The summed E-state index contributed by atoms with van der Waals surface area (Å²) in [5, 5.41) is 27.8. The van der Waals surface area contributed by atoms with Crippen molar-refractivity contribution >= 4 is 69.5 Å². The fourth-order valence-corrected chi connectivity index (χ4v) is 6.35. The molecule has 0 spiro atoms. The molecule has 18 nitrogen and oxygen atoms in total. The first-order valence-electron chi connectivity index (χ1n) is 18.9. The second-order valence-corrected chi connectivity index (χ2v) is 15.2. The Bertz CT molecular complexity index is 1450. The van der Waals surface area contributed by atoms with Crippen LogP contribution in [0.25, 0.3) is 0 Å². The van der Waals surface area contributed by atoms with E-state index in [1.54, 1.807) is 31.2 Å². The molecule has 7 amide bonds. The molecule has 1 heterocycles. The van der Waals surface area contributed by atoms with Gasteiger partial charge in [0.05, 0.1) is 6.04 Å². The molecular weight excluding hydrogens is 779 g/mol. The van der Waals surface area contributed by atoms with E-state index in [-0.39, 0.29) is 57.4 Å². The summed E-state index contributed by atoms with van der Waals surface area (Å²) in [6.07, 6.45) is 0.923. The van der Waals surface area contributed by atoms with Crippen molar-refractivity contribution in [2.45, 2.75) is 108 Å². The van der Waals surface area contributed by atoms with Crippen molar-refractivity contribution in [1.29, 1.82) is 0 Å². The summed E-state index contributed by atoms with van der Waals surface area (Å²) in [6, 6.07) is 1.34. The van der Waals surface area contributed by atoms with E-state index in [2.05, 4.69) is 80.7 Å². The van der Waals surface area contributed by atoms with Crippen LogP contribution >= 0.6 is 28.2 Å². The van der Waals surface area contributed by atoms with Crippen molar-refractivity contribution in [2.75, 3.05) is 26.2 Å². The second kappa shape index (κ2) is 26.5. The Balaban J connectivity index is 2.59. The van der Waals surface area contributed by atoms with Gasteiger partial charge in [0.25, 0.3) is 0 Å². The lowest BCUT2D eigenvalue weighted by Gasteiger charge is -2.28. The molecule has 1 aliphatic rings. The Morgan fingerprint density at radius 2 is 1.02 bits per heavy atom. The molecule has 21 heteroatoms. The highest BCUT2D eigenvalue weighted by molar-refractivity contribution is 7.14. The van der Waals surface area contributed by atoms with Gasteiger partial charge in [-0.2, -0.15) is 0 Å². The second-order valence-electron chi connectivity index (χ2n) is 14.0. The van der Waals surface area contributed by atoms with Gasteiger partial charge in [-0.05, 0) is 50.0 Å². The Hall–Kier alpha value is -3.36. The summed E-state index contributed by atoms with van der Waals surface area (Å²) in [5.74, 6) is -4.42. The van der Waals surface area contributed by atoms with Gasteiger partial charge in [0, 0.05) is 32.6 Å². The van der Waals surface area contributed by atoms with Crippen LogP contribution in [0.3, 0.4) is 0 Å². The zero-order chi connectivity index (χ0) is 41.6. The number of benzene rings is 1. The normalized spacial score (nSPS) is 25.6. The van der Waals surface area contributed by atoms with Crippen LogP contribution in [0.2, 0.25) is 0 Å². The highest BCUT2D eigenvalue weighted by atomic mass is 31.0. The predicted octanol–water partition coefficient (Wildman–Crippen LogP) is -2.25. The van der Waals surface area contributed by atoms with E-state index in [1.165, 1.54) is 0 Å². The van der Waals surface area contributed by atoms with Gasteiger partial charge in [0.1, 0.15) is 36.3 Å². The number of amides is 7. The molecule has 2 rings (SSSR count). The molecule has 0 bridgehead atoms. The smallest absolute Gasteiger partial charge is 0.243 e. The van der Waals surface area contributed by atoms with Gasteiger partial charge in [0.15, 0.2) is 0 Å². The summed E-state index contributed by atoms with van der Waals surface area (Å²) < 4.78 is 0. The van der Waals surface area contributed by atoms with Gasteiger partial charge in [-0.15, -0.1) is 0 Å². The zero-order valence-corrected chi connectivity index (χ0v) is 35.9. The third-order valence-electron chi connectivity index (χ3n) is 9.02. The average Bonchev–Trinajstić information content (AvgIpc) is 3.17. The molecule has 0 aliphatic carbocycles. The maximum Gasteiger partial charge on any atom is 0.243 e. The van der Waals surface area contributed by atoms with Gasteiger partial charge in [-0.25, -0.2) is 0 Å². The SMILES string of the molecule is CC[C@@H]1NC(=O)C(CCNP)NC(=O)C(CCNP)NC(=O)C(CC(C)C)NC(=O)C(Cc2ccccc2)NC(=O)C(CCNP)NC(=O)C(N)CCNC1=O. The molecule has 314 valence electrons. The minimum absolute atomic E-state index is 0.0110. The quantitative estimate of drug-likeness (QED) is 0.0892. The minimum atomic E-state index is -1.17. The number of hydrogen-bond donors (Lipinski definition) is 11. The largest absolute Gasteiger partial charge is 0.354 e. The number of hydrogen-bond acceptors (Lipinski definition) is 11. The highest BCUT2D eigenvalue weighted by Crippen LogP contribution is 2.10. The molecule has 10 atom stereocenters. The summed E-state index contributed by atoms with van der Waals surface area (Å²) >= 11 is 0. The van der Waals surface area contributed by atoms with Crippen LogP contribution in [0, 0.1) is 5.92 Å². The van der Waals surface area contributed by atoms with E-state index in [4.69, 9.17) is 5.73 Å². The van der Waals surface area contributed by atoms with Crippen LogP contribution in [-0.4, -0.2) is 110 Å². The first-order chi connectivity index (χ1) is 26.7. The Kier molecular flexibility index (Phi) is 23.1. The third kappa shape index (κ3) is 17.4. The Morgan fingerprint density at radius 1 is 0.607 bits per heavy atom. The monoisotopic (exact) mass is 841 g/mol. The Morgan fingerprint density at radius 3 is 1.48 bits per heavy atom. The van der Waals surface area contributed by atoms with Gasteiger partial charge < -0.3 is 58.2 Å². The van der Waals surface area contributed by atoms with E-state index in [0.29, 0.717) is 19.6 Å². The lowest BCUT2D eigenvalue weighted by atomic mass is 10.00. The first-order valence-corrected chi connectivity index (χ1v) is 20.7. The van der Waals surface area contributed by atoms with Gasteiger partial charge in [-0.3, -0.25) is 33.6 Å². The lowest BCUT2D eigenvalue weighted by Crippen LogP contribution is -2.60. The van der Waals surface area contributed by atoms with E-state index in [0.717, 1.165) is 5.56 Å². The van der Waals surface area contributed by atoms with Crippen molar-refractivity contribution in [3.8, 4) is 0 Å². The van der Waals surface area contributed by atoms with Gasteiger partial charge >= 0.3 is 0 Å². The molecule has 12 N–H and O–H groups in total. The lowest BCUT2D eigenvalue weighted by molar-refractivity contribution is -0.135. The third-order valence-corrected chi connectivity index (χ3v) is 9.89. The number of carbonyl (C=O) groups is 7. The van der Waals surface area contributed by atoms with E-state index in [9.17, 15) is 33.6 Å². The fourth-order valence-electron chi connectivity index (χ4n) is 5.85. The van der Waals surface area contributed by atoms with Crippen LogP contribution < -0.4 is 58.2 Å². The number of carbonyl (C=O) groups excluding carboxylic acids is 7. The van der Waals surface area contributed by atoms with Crippen molar-refractivity contribution in [3.05, 3.63) is 35.9 Å². The Labute approximate surface area is 336 Å². The van der Waals surface area contributed by atoms with Crippen LogP contribution in [0.1, 0.15) is 64.9 Å². The van der Waals surface area contributed by atoms with Gasteiger partial charge in [0.2, 0.25) is 41.4 Å². The first kappa shape index (κ1) is 48.8. The highest BCUT2D eigenvalue weighted by Gasteiger charge is 2.34. The average molecular weight is 842 g/mol. The van der Waals surface area contributed by atoms with Crippen molar-refractivity contribution < 1.29 is 33.6 Å². The van der Waals surface area contributed by atoms with Gasteiger partial charge in [-0.1, -0.05) is 79.3 Å². The maximum atomic E-state index is 14.1. The summed E-state index contributed by atoms with van der Waals surface area (Å²) in [6.45, 7) is 6.37. The molecule has 1 aromatic rings. The topological polar surface area (TPSA) is 266 Å². The van der Waals surface area contributed by atoms with Crippen molar-refractivity contribution in [3.63, 3.8) is 0 Å². The van der Waals surface area contributed by atoms with E-state index < -0.39 is 83.6 Å². The zero-order valence-electron chi connectivity index (χ0n) is 32.5. The molecule has 9 unspecified atom stereocenters. The molecule has 0 saturated carbocycles. The van der Waals surface area contributed by atoms with Crippen LogP contribution in [-0.2, 0) is 40.0 Å². The van der Waals surface area contributed by atoms with Crippen molar-refractivity contribution in [2.24, 2.45) is 11.7 Å². The minimum Gasteiger partial charge on any atom is -0.354 e. The summed E-state index contributed by atoms with van der Waals surface area (Å²) in [7, 11) is 6.98. The molecule has 1 fully saturated rings. The fraction of sp³-hybridized carbons (Fsp3) is 0.629. The van der Waals surface area contributed by atoms with Crippen LogP contribution in [0.5, 0.6) is 0 Å². The number of nitrogens with one attached hydrogen (secondary N) is 10. The molecule has 56 heavy (non-hydrogen) atoms.